The van der Waals surface area contributed by atoms with Gasteiger partial charge in [0.05, 0.1) is 6.61 Å². The molecule has 0 amide bonds. The van der Waals surface area contributed by atoms with Gasteiger partial charge in [-0.1, -0.05) is 6.07 Å². The standard InChI is InChI=1S/C10H16N4O/c1-2-14(6-7-15)9-5-3-4-8(13-9)10(11)12/h3-5,15H,2,6-7H2,1H3,(H3,11,12). The molecular weight excluding hydrogens is 192 g/mol. The molecule has 0 aromatic carbocycles. The summed E-state index contributed by atoms with van der Waals surface area (Å²) in [4.78, 5) is 6.15. The molecule has 0 bridgehead atoms. The van der Waals surface area contributed by atoms with Crippen molar-refractivity contribution in [2.45, 2.75) is 6.92 Å². The number of anilines is 1. The minimum absolute atomic E-state index is 0.0445. The van der Waals surface area contributed by atoms with Gasteiger partial charge in [0.15, 0.2) is 0 Å². The molecule has 0 fully saturated rings. The Balaban J connectivity index is 2.92. The second-order valence-electron chi connectivity index (χ2n) is 3.10. The Morgan fingerprint density at radius 3 is 2.87 bits per heavy atom. The number of aromatic nitrogens is 1. The van der Waals surface area contributed by atoms with Gasteiger partial charge in [0.25, 0.3) is 0 Å². The molecule has 1 aromatic heterocycles. The number of pyridine rings is 1. The first-order valence-electron chi connectivity index (χ1n) is 4.86. The fourth-order valence-electron chi connectivity index (χ4n) is 1.30. The van der Waals surface area contributed by atoms with Crippen LogP contribution < -0.4 is 10.6 Å². The predicted molar refractivity (Wildman–Crippen MR) is 60.2 cm³/mol. The first-order chi connectivity index (χ1) is 7.19. The topological polar surface area (TPSA) is 86.2 Å². The highest BCUT2D eigenvalue weighted by Gasteiger charge is 2.06. The molecule has 0 unspecified atom stereocenters. The van der Waals surface area contributed by atoms with Gasteiger partial charge in [-0.2, -0.15) is 0 Å². The highest BCUT2D eigenvalue weighted by atomic mass is 16.3. The van der Waals surface area contributed by atoms with Gasteiger partial charge in [0, 0.05) is 13.1 Å². The minimum atomic E-state index is -0.0445. The summed E-state index contributed by atoms with van der Waals surface area (Å²) in [5.41, 5.74) is 5.81. The van der Waals surface area contributed by atoms with Crippen LogP contribution in [0.5, 0.6) is 0 Å². The van der Waals surface area contributed by atoms with Crippen LogP contribution in [0.1, 0.15) is 12.6 Å². The van der Waals surface area contributed by atoms with Gasteiger partial charge in [-0.3, -0.25) is 5.41 Å². The molecule has 1 aromatic rings. The maximum Gasteiger partial charge on any atom is 0.141 e. The number of aliphatic hydroxyl groups excluding tert-OH is 1. The molecule has 0 saturated carbocycles. The van der Waals surface area contributed by atoms with Crippen molar-refractivity contribution in [3.05, 3.63) is 23.9 Å². The van der Waals surface area contributed by atoms with E-state index >= 15 is 0 Å². The zero-order valence-electron chi connectivity index (χ0n) is 8.77. The first kappa shape index (κ1) is 11.5. The van der Waals surface area contributed by atoms with E-state index in [1.165, 1.54) is 0 Å². The summed E-state index contributed by atoms with van der Waals surface area (Å²) in [7, 11) is 0. The second-order valence-corrected chi connectivity index (χ2v) is 3.10. The molecule has 0 radical (unpaired) electrons. The van der Waals surface area contributed by atoms with E-state index in [-0.39, 0.29) is 12.4 Å². The summed E-state index contributed by atoms with van der Waals surface area (Å²) < 4.78 is 0. The van der Waals surface area contributed by atoms with Gasteiger partial charge in [-0.15, -0.1) is 0 Å². The fraction of sp³-hybridized carbons (Fsp3) is 0.400. The average Bonchev–Trinajstić information content (AvgIpc) is 2.26. The molecule has 1 rings (SSSR count). The van der Waals surface area contributed by atoms with Crippen LogP contribution in [0, 0.1) is 5.41 Å². The highest BCUT2D eigenvalue weighted by molar-refractivity contribution is 5.93. The second kappa shape index (κ2) is 5.31. The molecule has 0 spiro atoms. The molecule has 0 aliphatic heterocycles. The highest BCUT2D eigenvalue weighted by Crippen LogP contribution is 2.10. The molecule has 4 N–H and O–H groups in total. The Hall–Kier alpha value is -1.62. The average molecular weight is 208 g/mol. The maximum atomic E-state index is 8.87. The number of nitrogens with one attached hydrogen (secondary N) is 1. The van der Waals surface area contributed by atoms with Crippen molar-refractivity contribution in [2.75, 3.05) is 24.6 Å². The van der Waals surface area contributed by atoms with Gasteiger partial charge in [0.1, 0.15) is 17.3 Å². The van der Waals surface area contributed by atoms with Crippen LogP contribution in [-0.4, -0.2) is 35.6 Å². The van der Waals surface area contributed by atoms with E-state index < -0.39 is 0 Å². The molecular formula is C10H16N4O. The third kappa shape index (κ3) is 2.92. The lowest BCUT2D eigenvalue weighted by Gasteiger charge is -2.20. The molecule has 0 atom stereocenters. The number of rotatable bonds is 5. The zero-order valence-corrected chi connectivity index (χ0v) is 8.77. The molecule has 0 aliphatic rings. The normalized spacial score (nSPS) is 10.0. The number of aliphatic hydroxyl groups is 1. The third-order valence-corrected chi connectivity index (χ3v) is 2.09. The van der Waals surface area contributed by atoms with Crippen molar-refractivity contribution < 1.29 is 5.11 Å². The van der Waals surface area contributed by atoms with Gasteiger partial charge in [-0.05, 0) is 19.1 Å². The van der Waals surface area contributed by atoms with Crippen LogP contribution in [0.3, 0.4) is 0 Å². The van der Waals surface area contributed by atoms with Crippen LogP contribution >= 0.6 is 0 Å². The quantitative estimate of drug-likeness (QED) is 0.476. The van der Waals surface area contributed by atoms with E-state index in [9.17, 15) is 0 Å². The van der Waals surface area contributed by atoms with E-state index in [0.29, 0.717) is 12.2 Å². The lowest BCUT2D eigenvalue weighted by Crippen LogP contribution is -2.27. The van der Waals surface area contributed by atoms with Crippen LogP contribution in [0.25, 0.3) is 0 Å². The lowest BCUT2D eigenvalue weighted by molar-refractivity contribution is 0.302. The molecule has 15 heavy (non-hydrogen) atoms. The van der Waals surface area contributed by atoms with Gasteiger partial charge in [0.2, 0.25) is 0 Å². The van der Waals surface area contributed by atoms with Gasteiger partial charge in [-0.25, -0.2) is 4.98 Å². The van der Waals surface area contributed by atoms with E-state index in [0.717, 1.165) is 12.4 Å². The maximum absolute atomic E-state index is 8.87. The molecule has 82 valence electrons. The summed E-state index contributed by atoms with van der Waals surface area (Å²) in [5, 5.41) is 16.2. The van der Waals surface area contributed by atoms with Crippen LogP contribution in [-0.2, 0) is 0 Å². The first-order valence-corrected chi connectivity index (χ1v) is 4.86. The Morgan fingerprint density at radius 1 is 1.60 bits per heavy atom. The summed E-state index contributed by atoms with van der Waals surface area (Å²) >= 11 is 0. The Kier molecular flexibility index (Phi) is 4.05. The lowest BCUT2D eigenvalue weighted by atomic mass is 10.3. The number of hydrogen-bond donors (Lipinski definition) is 3. The van der Waals surface area contributed by atoms with E-state index in [4.69, 9.17) is 16.2 Å². The van der Waals surface area contributed by atoms with Gasteiger partial charge >= 0.3 is 0 Å². The molecule has 0 saturated heterocycles. The monoisotopic (exact) mass is 208 g/mol. The van der Waals surface area contributed by atoms with Crippen LogP contribution in [0.4, 0.5) is 5.82 Å². The molecule has 5 nitrogen and oxygen atoms in total. The van der Waals surface area contributed by atoms with Crippen molar-refractivity contribution in [3.8, 4) is 0 Å². The number of nitrogens with two attached hydrogens (primary N) is 1. The van der Waals surface area contributed by atoms with E-state index in [2.05, 4.69) is 4.98 Å². The zero-order chi connectivity index (χ0) is 11.3. The molecule has 1 heterocycles. The smallest absolute Gasteiger partial charge is 0.141 e. The Labute approximate surface area is 89.1 Å². The summed E-state index contributed by atoms with van der Waals surface area (Å²) in [6, 6.07) is 5.34. The van der Waals surface area contributed by atoms with E-state index in [1.807, 2.05) is 17.9 Å². The Morgan fingerprint density at radius 2 is 2.33 bits per heavy atom. The summed E-state index contributed by atoms with van der Waals surface area (Å²) in [6.07, 6.45) is 0. The number of nitrogens with zero attached hydrogens (tertiary/aromatic N) is 2. The molecule has 0 aliphatic carbocycles. The Bertz CT molecular complexity index is 340. The van der Waals surface area contributed by atoms with Crippen LogP contribution in [0.2, 0.25) is 0 Å². The van der Waals surface area contributed by atoms with E-state index in [1.54, 1.807) is 12.1 Å². The number of hydrogen-bond acceptors (Lipinski definition) is 4. The molecule has 5 heteroatoms. The SMILES string of the molecule is CCN(CCO)c1cccc(C(=N)N)n1. The number of likely N-dealkylation sites (N-methyl/N-ethyl adjacent to an activating group) is 1. The van der Waals surface area contributed by atoms with Crippen LogP contribution in [0.15, 0.2) is 18.2 Å². The van der Waals surface area contributed by atoms with Crippen molar-refractivity contribution in [3.63, 3.8) is 0 Å². The third-order valence-electron chi connectivity index (χ3n) is 2.09. The fourth-order valence-corrected chi connectivity index (χ4v) is 1.30. The van der Waals surface area contributed by atoms with Gasteiger partial charge < -0.3 is 15.7 Å². The number of nitrogen functional groups attached to an aromatic ring is 1. The van der Waals surface area contributed by atoms with Crippen molar-refractivity contribution >= 4 is 11.7 Å². The van der Waals surface area contributed by atoms with Crippen molar-refractivity contribution in [1.82, 2.24) is 4.98 Å². The minimum Gasteiger partial charge on any atom is -0.395 e. The number of amidine groups is 1. The van der Waals surface area contributed by atoms with Crippen molar-refractivity contribution in [1.29, 1.82) is 5.41 Å². The van der Waals surface area contributed by atoms with Crippen molar-refractivity contribution in [2.24, 2.45) is 5.73 Å². The predicted octanol–water partition coefficient (Wildman–Crippen LogP) is 0.184. The summed E-state index contributed by atoms with van der Waals surface area (Å²) in [5.74, 6) is 0.691. The largest absolute Gasteiger partial charge is 0.395 e. The summed E-state index contributed by atoms with van der Waals surface area (Å²) in [6.45, 7) is 3.36.